The fourth-order valence-electron chi connectivity index (χ4n) is 10.1. The zero-order valence-corrected chi connectivity index (χ0v) is 28.3. The molecule has 2 spiro atoms. The molecule has 3 aliphatic carbocycles. The van der Waals surface area contributed by atoms with E-state index in [4.69, 9.17) is 0 Å². The Labute approximate surface area is 264 Å². The summed E-state index contributed by atoms with van der Waals surface area (Å²) in [5, 5.41) is 16.6. The lowest BCUT2D eigenvalue weighted by Gasteiger charge is -2.40. The Kier molecular flexibility index (Phi) is 8.97. The second kappa shape index (κ2) is 11.9. The Morgan fingerprint density at radius 1 is 0.841 bits per heavy atom. The first kappa shape index (κ1) is 33.2. The van der Waals surface area contributed by atoms with Crippen LogP contribution in [0.15, 0.2) is 0 Å². The van der Waals surface area contributed by atoms with Crippen molar-refractivity contribution in [1.82, 2.24) is 20.4 Å². The van der Waals surface area contributed by atoms with Gasteiger partial charge in [-0.1, -0.05) is 66.7 Å². The lowest BCUT2D eigenvalue weighted by Crippen LogP contribution is -2.62. The van der Waals surface area contributed by atoms with Crippen molar-refractivity contribution in [1.29, 1.82) is 0 Å². The summed E-state index contributed by atoms with van der Waals surface area (Å²) < 4.78 is 0. The maximum absolute atomic E-state index is 14.4. The zero-order valence-electron chi connectivity index (χ0n) is 28.3. The van der Waals surface area contributed by atoms with Gasteiger partial charge in [-0.3, -0.25) is 19.3 Å². The van der Waals surface area contributed by atoms with Gasteiger partial charge in [0, 0.05) is 18.0 Å². The molecule has 9 nitrogen and oxygen atoms in total. The number of piperidine rings is 1. The van der Waals surface area contributed by atoms with Crippen LogP contribution in [0.1, 0.15) is 126 Å². The largest absolute Gasteiger partial charge is 0.480 e. The van der Waals surface area contributed by atoms with Gasteiger partial charge >= 0.3 is 5.97 Å². The standard InChI is InChI=1S/C35H58N4O5/c1-22(2)38-19-12-11-16-24(38)28(40)36-26(23-14-9-8-10-15-23)29(41)37-27(32(3,4)5)30(42)39-21-35(20-25(39)31(43)44)33(6,7)34(35)17-13-18-34/h22-27H,8-21H2,1-7H3,(H,36,40)(H,37,41)(H,43,44)/t24?,25-,26-,27+,35+/m0/s1. The summed E-state index contributed by atoms with van der Waals surface area (Å²) in [6.07, 6.45) is 11.5. The molecule has 0 radical (unpaired) electrons. The van der Waals surface area contributed by atoms with Crippen LogP contribution in [0.25, 0.3) is 0 Å². The Morgan fingerprint density at radius 3 is 2.00 bits per heavy atom. The SMILES string of the molecule is CC(C)N1CCCCC1C(=O)N[C@H](C(=O)N[C@H](C(=O)N1C[C@]2(C[C@H]1C(=O)O)C(C)(C)C21CCC1)C(C)(C)C)C1CCCCC1. The van der Waals surface area contributed by atoms with E-state index in [1.54, 1.807) is 4.90 Å². The highest BCUT2D eigenvalue weighted by Crippen LogP contribution is 2.88. The third kappa shape index (κ3) is 5.37. The first-order valence-electron chi connectivity index (χ1n) is 17.5. The fourth-order valence-corrected chi connectivity index (χ4v) is 10.1. The molecule has 5 aliphatic rings. The number of rotatable bonds is 8. The van der Waals surface area contributed by atoms with Gasteiger partial charge in [-0.05, 0) is 87.5 Å². The molecular formula is C35H58N4O5. The molecule has 2 heterocycles. The molecule has 1 unspecified atom stereocenters. The minimum absolute atomic E-state index is 0.00655. The van der Waals surface area contributed by atoms with Gasteiger partial charge in [0.25, 0.3) is 0 Å². The van der Waals surface area contributed by atoms with Crippen molar-refractivity contribution in [2.75, 3.05) is 13.1 Å². The number of hydrogen-bond donors (Lipinski definition) is 3. The van der Waals surface area contributed by atoms with Crippen LogP contribution in [0.2, 0.25) is 0 Å². The van der Waals surface area contributed by atoms with Gasteiger partial charge in [-0.2, -0.15) is 0 Å². The van der Waals surface area contributed by atoms with Crippen molar-refractivity contribution in [3.63, 3.8) is 0 Å². The number of aliphatic carboxylic acids is 1. The molecule has 2 aliphatic heterocycles. The van der Waals surface area contributed by atoms with Gasteiger partial charge in [-0.15, -0.1) is 0 Å². The van der Waals surface area contributed by atoms with Crippen LogP contribution in [0.4, 0.5) is 0 Å². The van der Waals surface area contributed by atoms with Crippen molar-refractivity contribution in [3.8, 4) is 0 Å². The number of carboxylic acid groups (broad SMARTS) is 1. The van der Waals surface area contributed by atoms with Crippen LogP contribution in [-0.4, -0.2) is 81.9 Å². The summed E-state index contributed by atoms with van der Waals surface area (Å²) >= 11 is 0. The summed E-state index contributed by atoms with van der Waals surface area (Å²) in [7, 11) is 0. The Bertz CT molecular complexity index is 1130. The van der Waals surface area contributed by atoms with E-state index in [0.717, 1.165) is 77.2 Å². The highest BCUT2D eigenvalue weighted by molar-refractivity contribution is 5.95. The van der Waals surface area contributed by atoms with E-state index in [1.807, 2.05) is 20.8 Å². The molecule has 0 bridgehead atoms. The van der Waals surface area contributed by atoms with E-state index in [-0.39, 0.29) is 52.0 Å². The minimum atomic E-state index is -0.971. The average molecular weight is 615 g/mol. The van der Waals surface area contributed by atoms with Crippen LogP contribution in [0.3, 0.4) is 0 Å². The maximum Gasteiger partial charge on any atom is 0.326 e. The smallest absolute Gasteiger partial charge is 0.326 e. The number of hydrogen-bond acceptors (Lipinski definition) is 5. The first-order valence-corrected chi connectivity index (χ1v) is 17.5. The minimum Gasteiger partial charge on any atom is -0.480 e. The number of carboxylic acids is 1. The molecule has 3 N–H and O–H groups in total. The normalized spacial score (nSPS) is 31.4. The summed E-state index contributed by atoms with van der Waals surface area (Å²) in [4.78, 5) is 58.8. The van der Waals surface area contributed by atoms with Gasteiger partial charge < -0.3 is 20.6 Å². The lowest BCUT2D eigenvalue weighted by molar-refractivity contribution is -0.151. The predicted molar refractivity (Wildman–Crippen MR) is 170 cm³/mol. The maximum atomic E-state index is 14.4. The Morgan fingerprint density at radius 2 is 1.48 bits per heavy atom. The molecule has 9 heteroatoms. The van der Waals surface area contributed by atoms with Gasteiger partial charge in [0.1, 0.15) is 18.1 Å². The van der Waals surface area contributed by atoms with E-state index in [2.05, 4.69) is 43.2 Å². The van der Waals surface area contributed by atoms with Crippen LogP contribution in [-0.2, 0) is 19.2 Å². The van der Waals surface area contributed by atoms with Crippen molar-refractivity contribution < 1.29 is 24.3 Å². The topological polar surface area (TPSA) is 119 Å². The second-order valence-corrected chi connectivity index (χ2v) is 16.7. The van der Waals surface area contributed by atoms with Crippen molar-refractivity contribution in [3.05, 3.63) is 0 Å². The summed E-state index contributed by atoms with van der Waals surface area (Å²) in [5.41, 5.74) is -0.745. The molecule has 44 heavy (non-hydrogen) atoms. The average Bonchev–Trinajstić information content (AvgIpc) is 3.18. The number of fused-ring (bicyclic) bond motifs is 1. The number of carbonyl (C=O) groups excluding carboxylic acids is 3. The highest BCUT2D eigenvalue weighted by atomic mass is 16.4. The third-order valence-electron chi connectivity index (χ3n) is 13.0. The molecule has 0 aromatic heterocycles. The van der Waals surface area contributed by atoms with E-state index in [0.29, 0.717) is 13.0 Å². The summed E-state index contributed by atoms with van der Waals surface area (Å²) in [5.74, 6) is -1.71. The predicted octanol–water partition coefficient (Wildman–Crippen LogP) is 4.73. The van der Waals surface area contributed by atoms with Crippen molar-refractivity contribution in [2.24, 2.45) is 27.6 Å². The van der Waals surface area contributed by atoms with Gasteiger partial charge in [0.05, 0.1) is 6.04 Å². The molecule has 3 saturated carbocycles. The number of nitrogens with zero attached hydrogens (tertiary/aromatic N) is 2. The van der Waals surface area contributed by atoms with Crippen LogP contribution >= 0.6 is 0 Å². The van der Waals surface area contributed by atoms with Crippen molar-refractivity contribution >= 4 is 23.7 Å². The quantitative estimate of drug-likeness (QED) is 0.364. The molecule has 5 rings (SSSR count). The highest BCUT2D eigenvalue weighted by Gasteiger charge is 2.85. The number of likely N-dealkylation sites (tertiary alicyclic amines) is 2. The molecule has 5 atom stereocenters. The summed E-state index contributed by atoms with van der Waals surface area (Å²) in [6.45, 7) is 15.8. The lowest BCUT2D eigenvalue weighted by atomic mass is 9.73. The van der Waals surface area contributed by atoms with Crippen molar-refractivity contribution in [2.45, 2.75) is 156 Å². The van der Waals surface area contributed by atoms with E-state index in [9.17, 15) is 24.3 Å². The first-order chi connectivity index (χ1) is 20.6. The van der Waals surface area contributed by atoms with Crippen LogP contribution < -0.4 is 10.6 Å². The van der Waals surface area contributed by atoms with Crippen LogP contribution in [0, 0.1) is 27.6 Å². The van der Waals surface area contributed by atoms with E-state index < -0.39 is 29.5 Å². The molecule has 5 fully saturated rings. The van der Waals surface area contributed by atoms with Crippen LogP contribution in [0.5, 0.6) is 0 Å². The van der Waals surface area contributed by atoms with E-state index >= 15 is 0 Å². The third-order valence-corrected chi connectivity index (χ3v) is 13.0. The second-order valence-electron chi connectivity index (χ2n) is 16.7. The molecule has 248 valence electrons. The number of amides is 3. The fraction of sp³-hybridized carbons (Fsp3) is 0.886. The monoisotopic (exact) mass is 614 g/mol. The molecule has 2 saturated heterocycles. The zero-order chi connectivity index (χ0) is 32.2. The molecule has 0 aromatic carbocycles. The summed E-state index contributed by atoms with van der Waals surface area (Å²) in [6, 6.07) is -2.56. The molecular weight excluding hydrogens is 556 g/mol. The Balaban J connectivity index is 1.37. The Hall–Kier alpha value is -2.16. The van der Waals surface area contributed by atoms with Gasteiger partial charge in [0.15, 0.2) is 0 Å². The number of carbonyl (C=O) groups is 4. The van der Waals surface area contributed by atoms with E-state index in [1.165, 1.54) is 0 Å². The molecule has 3 amide bonds. The van der Waals surface area contributed by atoms with Gasteiger partial charge in [-0.25, -0.2) is 4.79 Å². The number of nitrogens with one attached hydrogen (secondary N) is 2. The van der Waals surface area contributed by atoms with Gasteiger partial charge in [0.2, 0.25) is 17.7 Å². The molecule has 0 aromatic rings.